The van der Waals surface area contributed by atoms with E-state index < -0.39 is 0 Å². The molecule has 2 N–H and O–H groups in total. The van der Waals surface area contributed by atoms with Crippen molar-refractivity contribution in [2.24, 2.45) is 0 Å². The van der Waals surface area contributed by atoms with Gasteiger partial charge in [-0.15, -0.1) is 0 Å². The molecular weight excluding hydrogens is 354 g/mol. The number of amides is 1. The number of aromatic nitrogens is 2. The van der Waals surface area contributed by atoms with Crippen molar-refractivity contribution in [3.05, 3.63) is 47.8 Å². The normalized spacial score (nSPS) is 15.2. The monoisotopic (exact) mass is 383 g/mol. The predicted octanol–water partition coefficient (Wildman–Crippen LogP) is 2.77. The number of hydrogen-bond donors (Lipinski definition) is 2. The Morgan fingerprint density at radius 1 is 1.14 bits per heavy atom. The first-order valence-electron chi connectivity index (χ1n) is 9.70. The summed E-state index contributed by atoms with van der Waals surface area (Å²) in [5, 5.41) is 6.18. The van der Waals surface area contributed by atoms with E-state index in [-0.39, 0.29) is 11.3 Å². The van der Waals surface area contributed by atoms with E-state index in [0.717, 1.165) is 50.6 Å². The summed E-state index contributed by atoms with van der Waals surface area (Å²) in [5.74, 6) is 0.316. The van der Waals surface area contributed by atoms with Gasteiger partial charge >= 0.3 is 0 Å². The SMILES string of the molecule is CC(C)(C)c1ccccc1NC(=O)c1cnc(NCCN2CCOCC2)nc1. The third kappa shape index (κ3) is 5.50. The fourth-order valence-corrected chi connectivity index (χ4v) is 3.13. The first-order valence-corrected chi connectivity index (χ1v) is 9.70. The first-order chi connectivity index (χ1) is 13.4. The molecule has 28 heavy (non-hydrogen) atoms. The standard InChI is InChI=1S/C21H29N5O2/c1-21(2,3)17-6-4-5-7-18(17)25-19(27)16-14-23-20(24-15-16)22-8-9-26-10-12-28-13-11-26/h4-7,14-15H,8-13H2,1-3H3,(H,25,27)(H,22,23,24). The topological polar surface area (TPSA) is 79.4 Å². The van der Waals surface area contributed by atoms with Gasteiger partial charge in [0.1, 0.15) is 0 Å². The number of nitrogens with one attached hydrogen (secondary N) is 2. The second-order valence-corrected chi connectivity index (χ2v) is 7.93. The lowest BCUT2D eigenvalue weighted by Gasteiger charge is -2.26. The maximum Gasteiger partial charge on any atom is 0.258 e. The van der Waals surface area contributed by atoms with Crippen LogP contribution >= 0.6 is 0 Å². The van der Waals surface area contributed by atoms with Gasteiger partial charge in [0.15, 0.2) is 0 Å². The number of carbonyl (C=O) groups is 1. The quantitative estimate of drug-likeness (QED) is 0.799. The van der Waals surface area contributed by atoms with Gasteiger partial charge in [-0.25, -0.2) is 9.97 Å². The van der Waals surface area contributed by atoms with Gasteiger partial charge in [0.2, 0.25) is 5.95 Å². The molecule has 1 saturated heterocycles. The zero-order chi connectivity index (χ0) is 20.0. The number of carbonyl (C=O) groups excluding carboxylic acids is 1. The van der Waals surface area contributed by atoms with Crippen LogP contribution in [0.1, 0.15) is 36.7 Å². The van der Waals surface area contributed by atoms with Gasteiger partial charge in [-0.2, -0.15) is 0 Å². The molecular formula is C21H29N5O2. The number of nitrogens with zero attached hydrogens (tertiary/aromatic N) is 3. The average molecular weight is 383 g/mol. The van der Waals surface area contributed by atoms with Crippen LogP contribution in [0, 0.1) is 0 Å². The summed E-state index contributed by atoms with van der Waals surface area (Å²) in [6, 6.07) is 7.86. The highest BCUT2D eigenvalue weighted by Gasteiger charge is 2.19. The highest BCUT2D eigenvalue weighted by atomic mass is 16.5. The van der Waals surface area contributed by atoms with Gasteiger partial charge in [0, 0.05) is 44.3 Å². The molecule has 0 unspecified atom stereocenters. The highest BCUT2D eigenvalue weighted by Crippen LogP contribution is 2.29. The molecule has 150 valence electrons. The zero-order valence-corrected chi connectivity index (χ0v) is 16.9. The van der Waals surface area contributed by atoms with Gasteiger partial charge in [-0.1, -0.05) is 39.0 Å². The molecule has 0 bridgehead atoms. The summed E-state index contributed by atoms with van der Waals surface area (Å²) in [7, 11) is 0. The number of hydrogen-bond acceptors (Lipinski definition) is 6. The molecule has 1 amide bonds. The molecule has 2 heterocycles. The predicted molar refractivity (Wildman–Crippen MR) is 111 cm³/mol. The summed E-state index contributed by atoms with van der Waals surface area (Å²) >= 11 is 0. The molecule has 7 heteroatoms. The number of ether oxygens (including phenoxy) is 1. The van der Waals surface area contributed by atoms with Gasteiger partial charge in [-0.3, -0.25) is 9.69 Å². The average Bonchev–Trinajstić information content (AvgIpc) is 2.69. The minimum Gasteiger partial charge on any atom is -0.379 e. The third-order valence-corrected chi connectivity index (χ3v) is 4.71. The Hall–Kier alpha value is -2.51. The molecule has 1 fully saturated rings. The Kier molecular flexibility index (Phi) is 6.59. The van der Waals surface area contributed by atoms with Crippen LogP contribution < -0.4 is 10.6 Å². The van der Waals surface area contributed by atoms with Crippen molar-refractivity contribution >= 4 is 17.5 Å². The van der Waals surface area contributed by atoms with E-state index in [4.69, 9.17) is 4.74 Å². The van der Waals surface area contributed by atoms with Crippen LogP contribution in [0.4, 0.5) is 11.6 Å². The maximum absolute atomic E-state index is 12.6. The van der Waals surface area contributed by atoms with Crippen LogP contribution in [0.25, 0.3) is 0 Å². The van der Waals surface area contributed by atoms with Crippen LogP contribution in [0.5, 0.6) is 0 Å². The number of benzene rings is 1. The van der Waals surface area contributed by atoms with Crippen molar-refractivity contribution in [2.45, 2.75) is 26.2 Å². The summed E-state index contributed by atoms with van der Waals surface area (Å²) in [6.07, 6.45) is 3.11. The molecule has 1 aromatic heterocycles. The summed E-state index contributed by atoms with van der Waals surface area (Å²) < 4.78 is 5.34. The van der Waals surface area contributed by atoms with Gasteiger partial charge in [0.05, 0.1) is 18.8 Å². The fraction of sp³-hybridized carbons (Fsp3) is 0.476. The highest BCUT2D eigenvalue weighted by molar-refractivity contribution is 6.04. The molecule has 1 aliphatic heterocycles. The Morgan fingerprint density at radius 3 is 2.50 bits per heavy atom. The van der Waals surface area contributed by atoms with E-state index >= 15 is 0 Å². The second-order valence-electron chi connectivity index (χ2n) is 7.93. The maximum atomic E-state index is 12.6. The van der Waals surface area contributed by atoms with Gasteiger partial charge < -0.3 is 15.4 Å². The largest absolute Gasteiger partial charge is 0.379 e. The van der Waals surface area contributed by atoms with Crippen molar-refractivity contribution in [3.8, 4) is 0 Å². The molecule has 3 rings (SSSR count). The lowest BCUT2D eigenvalue weighted by Crippen LogP contribution is -2.39. The fourth-order valence-electron chi connectivity index (χ4n) is 3.13. The van der Waals surface area contributed by atoms with E-state index in [1.165, 1.54) is 0 Å². The number of morpholine rings is 1. The molecule has 1 aromatic carbocycles. The molecule has 0 spiro atoms. The minimum atomic E-state index is -0.212. The van der Waals surface area contributed by atoms with E-state index in [1.54, 1.807) is 12.4 Å². The van der Waals surface area contributed by atoms with Crippen LogP contribution in [0.3, 0.4) is 0 Å². The molecule has 0 radical (unpaired) electrons. The molecule has 2 aromatic rings. The Labute approximate surface area is 166 Å². The second kappa shape index (κ2) is 9.12. The van der Waals surface area contributed by atoms with Crippen molar-refractivity contribution in [2.75, 3.05) is 50.0 Å². The Balaban J connectivity index is 1.55. The van der Waals surface area contributed by atoms with Crippen LogP contribution in [-0.4, -0.2) is 60.2 Å². The van der Waals surface area contributed by atoms with Crippen molar-refractivity contribution in [1.82, 2.24) is 14.9 Å². The third-order valence-electron chi connectivity index (χ3n) is 4.71. The molecule has 0 aliphatic carbocycles. The smallest absolute Gasteiger partial charge is 0.258 e. The summed E-state index contributed by atoms with van der Waals surface area (Å²) in [5.41, 5.74) is 2.27. The van der Waals surface area contributed by atoms with Gasteiger partial charge in [0.25, 0.3) is 5.91 Å². The van der Waals surface area contributed by atoms with Crippen LogP contribution in [0.15, 0.2) is 36.7 Å². The minimum absolute atomic E-state index is 0.0609. The lowest BCUT2D eigenvalue weighted by atomic mass is 9.86. The first kappa shape index (κ1) is 20.2. The molecule has 1 aliphatic rings. The number of rotatable bonds is 6. The number of para-hydroxylation sites is 1. The van der Waals surface area contributed by atoms with E-state index in [0.29, 0.717) is 11.5 Å². The van der Waals surface area contributed by atoms with Gasteiger partial charge in [-0.05, 0) is 17.0 Å². The van der Waals surface area contributed by atoms with E-state index in [1.807, 2.05) is 24.3 Å². The molecule has 0 atom stereocenters. The molecule has 0 saturated carbocycles. The molecule has 7 nitrogen and oxygen atoms in total. The lowest BCUT2D eigenvalue weighted by molar-refractivity contribution is 0.0398. The van der Waals surface area contributed by atoms with Crippen molar-refractivity contribution < 1.29 is 9.53 Å². The van der Waals surface area contributed by atoms with E-state index in [2.05, 4.69) is 46.3 Å². The van der Waals surface area contributed by atoms with Crippen molar-refractivity contribution in [1.29, 1.82) is 0 Å². The Morgan fingerprint density at radius 2 is 1.82 bits per heavy atom. The van der Waals surface area contributed by atoms with Crippen molar-refractivity contribution in [3.63, 3.8) is 0 Å². The van der Waals surface area contributed by atoms with Crippen LogP contribution in [-0.2, 0) is 10.2 Å². The number of anilines is 2. The Bertz CT molecular complexity index is 780. The van der Waals surface area contributed by atoms with E-state index in [9.17, 15) is 4.79 Å². The summed E-state index contributed by atoms with van der Waals surface area (Å²) in [6.45, 7) is 11.5. The van der Waals surface area contributed by atoms with Crippen LogP contribution in [0.2, 0.25) is 0 Å². The summed E-state index contributed by atoms with van der Waals surface area (Å²) in [4.78, 5) is 23.5. The zero-order valence-electron chi connectivity index (χ0n) is 16.9.